The molecule has 0 heterocycles. The van der Waals surface area contributed by atoms with Crippen LogP contribution in [0, 0.1) is 17.8 Å². The standard InChI is InChI=1S/C26H40O3/c1-19(2)6-5-7-21-8-12-24(13-9-21)25-14-10-22(11-15-25)16-23(17-27)18-29-26(28)20(3)4/h10-11,14-15,19,21,23-24,27H,3,5-9,12-13,16-18H2,1-2,4H3. The lowest BCUT2D eigenvalue weighted by Crippen LogP contribution is -2.19. The molecule has 1 atom stereocenters. The van der Waals surface area contributed by atoms with Gasteiger partial charge in [0.1, 0.15) is 0 Å². The lowest BCUT2D eigenvalue weighted by atomic mass is 9.76. The summed E-state index contributed by atoms with van der Waals surface area (Å²) < 4.78 is 5.20. The molecule has 0 amide bonds. The minimum absolute atomic E-state index is 0.00600. The second-order valence-corrected chi connectivity index (χ2v) is 9.42. The van der Waals surface area contributed by atoms with Crippen molar-refractivity contribution in [1.82, 2.24) is 0 Å². The Morgan fingerprint density at radius 2 is 1.83 bits per heavy atom. The third-order valence-corrected chi connectivity index (χ3v) is 6.27. The van der Waals surface area contributed by atoms with Gasteiger partial charge < -0.3 is 9.84 Å². The predicted octanol–water partition coefficient (Wildman–Crippen LogP) is 6.06. The smallest absolute Gasteiger partial charge is 0.333 e. The third-order valence-electron chi connectivity index (χ3n) is 6.27. The molecule has 1 fully saturated rings. The second kappa shape index (κ2) is 12.2. The highest BCUT2D eigenvalue weighted by atomic mass is 16.5. The molecule has 1 saturated carbocycles. The van der Waals surface area contributed by atoms with Crippen LogP contribution in [0.5, 0.6) is 0 Å². The van der Waals surface area contributed by atoms with Crippen molar-refractivity contribution in [2.45, 2.75) is 78.1 Å². The van der Waals surface area contributed by atoms with E-state index in [4.69, 9.17) is 4.74 Å². The minimum atomic E-state index is -0.390. The van der Waals surface area contributed by atoms with E-state index in [1.165, 1.54) is 56.1 Å². The molecule has 29 heavy (non-hydrogen) atoms. The zero-order valence-electron chi connectivity index (χ0n) is 18.7. The highest BCUT2D eigenvalue weighted by Crippen LogP contribution is 2.38. The first kappa shape index (κ1) is 23.7. The first-order valence-electron chi connectivity index (χ1n) is 11.4. The van der Waals surface area contributed by atoms with E-state index < -0.39 is 5.97 Å². The molecule has 1 aromatic rings. The number of carbonyl (C=O) groups is 1. The van der Waals surface area contributed by atoms with Gasteiger partial charge in [-0.25, -0.2) is 4.79 Å². The Morgan fingerprint density at radius 1 is 1.17 bits per heavy atom. The molecule has 1 aliphatic rings. The van der Waals surface area contributed by atoms with Gasteiger partial charge in [0.05, 0.1) is 6.61 Å². The van der Waals surface area contributed by atoms with E-state index in [9.17, 15) is 9.90 Å². The number of hydrogen-bond donors (Lipinski definition) is 1. The Balaban J connectivity index is 1.78. The van der Waals surface area contributed by atoms with Crippen molar-refractivity contribution in [2.75, 3.05) is 13.2 Å². The molecule has 1 aliphatic carbocycles. The molecule has 0 aliphatic heterocycles. The molecule has 0 saturated heterocycles. The molecule has 1 aromatic carbocycles. The van der Waals surface area contributed by atoms with Crippen LogP contribution in [-0.2, 0) is 16.0 Å². The van der Waals surface area contributed by atoms with Crippen LogP contribution in [-0.4, -0.2) is 24.3 Å². The van der Waals surface area contributed by atoms with Gasteiger partial charge in [0.15, 0.2) is 0 Å². The number of ether oxygens (including phenoxy) is 1. The fourth-order valence-corrected chi connectivity index (χ4v) is 4.35. The first-order chi connectivity index (χ1) is 13.9. The highest BCUT2D eigenvalue weighted by molar-refractivity contribution is 5.86. The fourth-order valence-electron chi connectivity index (χ4n) is 4.35. The Kier molecular flexibility index (Phi) is 9.93. The van der Waals surface area contributed by atoms with E-state index in [1.807, 2.05) is 0 Å². The quantitative estimate of drug-likeness (QED) is 0.363. The van der Waals surface area contributed by atoms with Crippen molar-refractivity contribution in [3.8, 4) is 0 Å². The summed E-state index contributed by atoms with van der Waals surface area (Å²) >= 11 is 0. The van der Waals surface area contributed by atoms with Crippen LogP contribution >= 0.6 is 0 Å². The lowest BCUT2D eigenvalue weighted by Gasteiger charge is -2.29. The van der Waals surface area contributed by atoms with Crippen molar-refractivity contribution in [3.63, 3.8) is 0 Å². The molecular weight excluding hydrogens is 360 g/mol. The largest absolute Gasteiger partial charge is 0.462 e. The van der Waals surface area contributed by atoms with Crippen LogP contribution in [0.1, 0.15) is 82.8 Å². The minimum Gasteiger partial charge on any atom is -0.462 e. The number of benzene rings is 1. The number of rotatable bonds is 11. The van der Waals surface area contributed by atoms with Gasteiger partial charge in [-0.1, -0.05) is 64.0 Å². The molecule has 3 nitrogen and oxygen atoms in total. The molecule has 1 unspecified atom stereocenters. The third kappa shape index (κ3) is 8.34. The number of esters is 1. The Bertz CT molecular complexity index is 624. The average Bonchev–Trinajstić information content (AvgIpc) is 2.71. The van der Waals surface area contributed by atoms with E-state index >= 15 is 0 Å². The number of carbonyl (C=O) groups excluding carboxylic acids is 1. The van der Waals surface area contributed by atoms with Gasteiger partial charge in [-0.05, 0) is 67.9 Å². The Morgan fingerprint density at radius 3 is 2.38 bits per heavy atom. The maximum absolute atomic E-state index is 11.5. The molecule has 0 radical (unpaired) electrons. The highest BCUT2D eigenvalue weighted by Gasteiger charge is 2.22. The van der Waals surface area contributed by atoms with E-state index in [0.717, 1.165) is 11.8 Å². The van der Waals surface area contributed by atoms with Gasteiger partial charge in [0, 0.05) is 18.1 Å². The summed E-state index contributed by atoms with van der Waals surface area (Å²) in [6.45, 7) is 10.1. The van der Waals surface area contributed by atoms with Gasteiger partial charge in [0.25, 0.3) is 0 Å². The van der Waals surface area contributed by atoms with Gasteiger partial charge >= 0.3 is 5.97 Å². The van der Waals surface area contributed by atoms with Crippen molar-refractivity contribution in [2.24, 2.45) is 17.8 Å². The molecule has 0 spiro atoms. The van der Waals surface area contributed by atoms with Crippen LogP contribution in [0.25, 0.3) is 0 Å². The summed E-state index contributed by atoms with van der Waals surface area (Å²) in [5.41, 5.74) is 3.02. The van der Waals surface area contributed by atoms with E-state index in [2.05, 4.69) is 44.7 Å². The Hall–Kier alpha value is -1.61. The average molecular weight is 401 g/mol. The lowest BCUT2D eigenvalue weighted by molar-refractivity contribution is -0.140. The van der Waals surface area contributed by atoms with Crippen LogP contribution in [0.3, 0.4) is 0 Å². The SMILES string of the molecule is C=C(C)C(=O)OCC(CO)Cc1ccc(C2CCC(CCCC(C)C)CC2)cc1. The zero-order valence-corrected chi connectivity index (χ0v) is 18.7. The molecule has 162 valence electrons. The van der Waals surface area contributed by atoms with Crippen LogP contribution in [0.2, 0.25) is 0 Å². The topological polar surface area (TPSA) is 46.5 Å². The zero-order chi connectivity index (χ0) is 21.2. The molecule has 3 heteroatoms. The Labute approximate surface area is 177 Å². The molecular formula is C26H40O3. The maximum atomic E-state index is 11.5. The van der Waals surface area contributed by atoms with Crippen molar-refractivity contribution in [1.29, 1.82) is 0 Å². The van der Waals surface area contributed by atoms with Crippen LogP contribution in [0.4, 0.5) is 0 Å². The van der Waals surface area contributed by atoms with Gasteiger partial charge in [0.2, 0.25) is 0 Å². The summed E-state index contributed by atoms with van der Waals surface area (Å²) in [5.74, 6) is 1.98. The van der Waals surface area contributed by atoms with Gasteiger partial charge in [-0.3, -0.25) is 0 Å². The summed E-state index contributed by atoms with van der Waals surface area (Å²) in [7, 11) is 0. The summed E-state index contributed by atoms with van der Waals surface area (Å²) in [5, 5.41) is 9.60. The molecule has 0 aromatic heterocycles. The second-order valence-electron chi connectivity index (χ2n) is 9.42. The van der Waals surface area contributed by atoms with Crippen LogP contribution < -0.4 is 0 Å². The van der Waals surface area contributed by atoms with Crippen LogP contribution in [0.15, 0.2) is 36.4 Å². The number of aliphatic hydroxyl groups excluding tert-OH is 1. The number of hydrogen-bond acceptors (Lipinski definition) is 3. The summed E-state index contributed by atoms with van der Waals surface area (Å²) in [6, 6.07) is 8.86. The van der Waals surface area contributed by atoms with E-state index in [0.29, 0.717) is 17.9 Å². The normalized spacial score (nSPS) is 20.4. The molecule has 0 bridgehead atoms. The first-order valence-corrected chi connectivity index (χ1v) is 11.4. The van der Waals surface area contributed by atoms with E-state index in [-0.39, 0.29) is 19.1 Å². The van der Waals surface area contributed by atoms with Crippen molar-refractivity contribution >= 4 is 5.97 Å². The van der Waals surface area contributed by atoms with Crippen molar-refractivity contribution < 1.29 is 14.6 Å². The maximum Gasteiger partial charge on any atom is 0.333 e. The van der Waals surface area contributed by atoms with Gasteiger partial charge in [-0.2, -0.15) is 0 Å². The summed E-state index contributed by atoms with van der Waals surface area (Å²) in [4.78, 5) is 11.5. The van der Waals surface area contributed by atoms with Gasteiger partial charge in [-0.15, -0.1) is 0 Å². The number of aliphatic hydroxyl groups is 1. The summed E-state index contributed by atoms with van der Waals surface area (Å²) in [6.07, 6.45) is 10.2. The predicted molar refractivity (Wildman–Crippen MR) is 120 cm³/mol. The fraction of sp³-hybridized carbons (Fsp3) is 0.654. The van der Waals surface area contributed by atoms with Crippen molar-refractivity contribution in [3.05, 3.63) is 47.5 Å². The van der Waals surface area contributed by atoms with E-state index in [1.54, 1.807) is 6.92 Å². The molecule has 1 N–H and O–H groups in total. The molecule has 2 rings (SSSR count). The monoisotopic (exact) mass is 400 g/mol.